The van der Waals surface area contributed by atoms with Crippen LogP contribution in [0.25, 0.3) is 0 Å². The van der Waals surface area contributed by atoms with E-state index in [2.05, 4.69) is 0 Å². The van der Waals surface area contributed by atoms with E-state index in [1.165, 1.54) is 30.6 Å². The van der Waals surface area contributed by atoms with Gasteiger partial charge in [0.15, 0.2) is 6.61 Å². The van der Waals surface area contributed by atoms with Crippen LogP contribution in [0.5, 0.6) is 0 Å². The normalized spacial score (nSPS) is 24.2. The van der Waals surface area contributed by atoms with Crippen LogP contribution in [-0.2, 0) is 14.3 Å². The molecule has 2 saturated heterocycles. The molecule has 0 radical (unpaired) electrons. The highest BCUT2D eigenvalue weighted by Gasteiger charge is 2.39. The Morgan fingerprint density at radius 2 is 1.82 bits per heavy atom. The molecule has 3 amide bonds. The third-order valence-electron chi connectivity index (χ3n) is 4.71. The van der Waals surface area contributed by atoms with E-state index in [4.69, 9.17) is 4.74 Å². The fourth-order valence-electron chi connectivity index (χ4n) is 3.43. The maximum atomic E-state index is 12.2. The summed E-state index contributed by atoms with van der Waals surface area (Å²) in [5.74, 6) is 0.484. The number of hydrogen-bond donors (Lipinski definition) is 0. The van der Waals surface area contributed by atoms with E-state index < -0.39 is 6.09 Å². The number of amides is 3. The molecule has 0 atom stereocenters. The zero-order chi connectivity index (χ0) is 15.5. The summed E-state index contributed by atoms with van der Waals surface area (Å²) in [5, 5.41) is 0.651. The average molecular weight is 326 g/mol. The van der Waals surface area contributed by atoms with E-state index >= 15 is 0 Å². The van der Waals surface area contributed by atoms with Gasteiger partial charge in [0, 0.05) is 24.4 Å². The predicted octanol–water partition coefficient (Wildman–Crippen LogP) is 1.63. The van der Waals surface area contributed by atoms with Gasteiger partial charge in [0.05, 0.1) is 5.75 Å². The minimum absolute atomic E-state index is 0.117. The second kappa shape index (κ2) is 6.89. The first-order valence-electron chi connectivity index (χ1n) is 8.03. The van der Waals surface area contributed by atoms with E-state index in [0.717, 1.165) is 0 Å². The molecule has 0 aromatic rings. The van der Waals surface area contributed by atoms with E-state index in [9.17, 15) is 14.4 Å². The molecule has 122 valence electrons. The van der Waals surface area contributed by atoms with E-state index in [1.54, 1.807) is 11.8 Å². The van der Waals surface area contributed by atoms with Crippen LogP contribution in [0.1, 0.15) is 38.5 Å². The second-order valence-electron chi connectivity index (χ2n) is 6.15. The number of imide groups is 1. The molecule has 0 spiro atoms. The molecule has 6 nitrogen and oxygen atoms in total. The van der Waals surface area contributed by atoms with Crippen LogP contribution >= 0.6 is 11.8 Å². The average Bonchev–Trinajstić information content (AvgIpc) is 3.15. The van der Waals surface area contributed by atoms with Crippen molar-refractivity contribution in [3.05, 3.63) is 0 Å². The molecule has 0 aromatic heterocycles. The molecule has 2 heterocycles. The Bertz CT molecular complexity index is 440. The summed E-state index contributed by atoms with van der Waals surface area (Å²) in [6.45, 7) is 1.09. The van der Waals surface area contributed by atoms with Crippen LogP contribution in [-0.4, -0.2) is 64.4 Å². The summed E-state index contributed by atoms with van der Waals surface area (Å²) in [6.07, 6.45) is 5.82. The highest BCUT2D eigenvalue weighted by atomic mass is 32.2. The van der Waals surface area contributed by atoms with Gasteiger partial charge in [-0.3, -0.25) is 9.59 Å². The van der Waals surface area contributed by atoms with Crippen molar-refractivity contribution in [3.8, 4) is 0 Å². The fourth-order valence-corrected chi connectivity index (χ4v) is 4.65. The molecule has 0 unspecified atom stereocenters. The Kier molecular flexibility index (Phi) is 4.90. The topological polar surface area (TPSA) is 66.9 Å². The van der Waals surface area contributed by atoms with Gasteiger partial charge in [-0.05, 0) is 25.7 Å². The monoisotopic (exact) mass is 326 g/mol. The molecule has 3 fully saturated rings. The van der Waals surface area contributed by atoms with Crippen molar-refractivity contribution in [2.75, 3.05) is 25.4 Å². The van der Waals surface area contributed by atoms with E-state index in [1.807, 2.05) is 4.90 Å². The summed E-state index contributed by atoms with van der Waals surface area (Å²) < 4.78 is 4.75. The predicted molar refractivity (Wildman–Crippen MR) is 82.5 cm³/mol. The van der Waals surface area contributed by atoms with Crippen LogP contribution in [0.4, 0.5) is 4.79 Å². The Morgan fingerprint density at radius 1 is 1.14 bits per heavy atom. The molecule has 0 aromatic carbocycles. The quantitative estimate of drug-likeness (QED) is 0.785. The lowest BCUT2D eigenvalue weighted by molar-refractivity contribution is -0.131. The van der Waals surface area contributed by atoms with E-state index in [-0.39, 0.29) is 24.5 Å². The van der Waals surface area contributed by atoms with Crippen LogP contribution in [0.2, 0.25) is 0 Å². The third kappa shape index (κ3) is 3.39. The highest BCUT2D eigenvalue weighted by molar-refractivity contribution is 8.00. The number of likely N-dealkylation sites (tertiary alicyclic amines) is 1. The molecular formula is C15H22N2O4S. The molecule has 1 saturated carbocycles. The zero-order valence-electron chi connectivity index (χ0n) is 12.7. The molecule has 2 aliphatic heterocycles. The van der Waals surface area contributed by atoms with Crippen LogP contribution < -0.4 is 0 Å². The molecular weight excluding hydrogens is 304 g/mol. The van der Waals surface area contributed by atoms with Gasteiger partial charge in [0.25, 0.3) is 5.91 Å². The smallest absolute Gasteiger partial charge is 0.417 e. The van der Waals surface area contributed by atoms with Gasteiger partial charge in [0.2, 0.25) is 5.91 Å². The van der Waals surface area contributed by atoms with Crippen molar-refractivity contribution in [1.82, 2.24) is 9.80 Å². The zero-order valence-corrected chi connectivity index (χ0v) is 13.5. The number of cyclic esters (lactones) is 1. The standard InChI is InChI=1S/C15H22N2O4S/c18-13-9-21-15(20)17(13)11-5-7-16(8-6-11)14(19)10-22-12-3-1-2-4-12/h11-12H,1-10H2. The molecule has 0 bridgehead atoms. The number of thioether (sulfide) groups is 1. The van der Waals surface area contributed by atoms with Crippen molar-refractivity contribution in [2.24, 2.45) is 0 Å². The van der Waals surface area contributed by atoms with Gasteiger partial charge in [0.1, 0.15) is 0 Å². The summed E-state index contributed by atoms with van der Waals surface area (Å²) >= 11 is 1.78. The van der Waals surface area contributed by atoms with Gasteiger partial charge < -0.3 is 9.64 Å². The van der Waals surface area contributed by atoms with Gasteiger partial charge in [-0.25, -0.2) is 9.69 Å². The number of nitrogens with zero attached hydrogens (tertiary/aromatic N) is 2. The second-order valence-corrected chi connectivity index (χ2v) is 7.44. The Labute approximate surface area is 134 Å². The van der Waals surface area contributed by atoms with Crippen molar-refractivity contribution in [2.45, 2.75) is 49.8 Å². The maximum Gasteiger partial charge on any atom is 0.417 e. The van der Waals surface area contributed by atoms with Gasteiger partial charge in [-0.15, -0.1) is 11.8 Å². The number of carbonyl (C=O) groups is 3. The summed E-state index contributed by atoms with van der Waals surface area (Å²) in [6, 6.07) is -0.117. The minimum Gasteiger partial charge on any atom is -0.439 e. The number of carbonyl (C=O) groups excluding carboxylic acids is 3. The number of piperidine rings is 1. The molecule has 7 heteroatoms. The highest BCUT2D eigenvalue weighted by Crippen LogP contribution is 2.30. The lowest BCUT2D eigenvalue weighted by Crippen LogP contribution is -2.48. The van der Waals surface area contributed by atoms with Crippen molar-refractivity contribution in [3.63, 3.8) is 0 Å². The molecule has 0 N–H and O–H groups in total. The molecule has 22 heavy (non-hydrogen) atoms. The summed E-state index contributed by atoms with van der Waals surface area (Å²) in [4.78, 5) is 38.5. The van der Waals surface area contributed by atoms with Crippen molar-refractivity contribution in [1.29, 1.82) is 0 Å². The fraction of sp³-hybridized carbons (Fsp3) is 0.800. The number of ether oxygens (including phenoxy) is 1. The van der Waals surface area contributed by atoms with Crippen LogP contribution in [0.3, 0.4) is 0 Å². The minimum atomic E-state index is -0.536. The van der Waals surface area contributed by atoms with E-state index in [0.29, 0.717) is 36.9 Å². The third-order valence-corrected chi connectivity index (χ3v) is 6.07. The number of rotatable bonds is 4. The van der Waals surface area contributed by atoms with Gasteiger partial charge in [-0.1, -0.05) is 12.8 Å². The summed E-state index contributed by atoms with van der Waals surface area (Å²) in [7, 11) is 0. The van der Waals surface area contributed by atoms with Crippen molar-refractivity contribution < 1.29 is 19.1 Å². The lowest BCUT2D eigenvalue weighted by atomic mass is 10.0. The van der Waals surface area contributed by atoms with Gasteiger partial charge in [-0.2, -0.15) is 0 Å². The SMILES string of the molecule is O=C(CSC1CCCC1)N1CCC(N2C(=O)COC2=O)CC1. The Hall–Kier alpha value is -1.24. The Balaban J connectivity index is 1.43. The van der Waals surface area contributed by atoms with Crippen LogP contribution in [0, 0.1) is 0 Å². The first kappa shape index (κ1) is 15.6. The largest absolute Gasteiger partial charge is 0.439 e. The first-order chi connectivity index (χ1) is 10.6. The van der Waals surface area contributed by atoms with Gasteiger partial charge >= 0.3 is 6.09 Å². The lowest BCUT2D eigenvalue weighted by Gasteiger charge is -2.34. The molecule has 3 rings (SSSR count). The first-order valence-corrected chi connectivity index (χ1v) is 9.08. The van der Waals surface area contributed by atoms with Crippen molar-refractivity contribution >= 4 is 29.7 Å². The Morgan fingerprint density at radius 3 is 2.41 bits per heavy atom. The maximum absolute atomic E-state index is 12.2. The summed E-state index contributed by atoms with van der Waals surface area (Å²) in [5.41, 5.74) is 0. The van der Waals surface area contributed by atoms with Crippen LogP contribution in [0.15, 0.2) is 0 Å². The molecule has 1 aliphatic carbocycles. The number of hydrogen-bond acceptors (Lipinski definition) is 5. The molecule has 3 aliphatic rings.